The van der Waals surface area contributed by atoms with Crippen molar-refractivity contribution in [2.45, 2.75) is 54.6 Å². The van der Waals surface area contributed by atoms with Crippen LogP contribution in [-0.2, 0) is 16.6 Å². The van der Waals surface area contributed by atoms with Crippen LogP contribution in [0.1, 0.15) is 40.7 Å². The summed E-state index contributed by atoms with van der Waals surface area (Å²) in [5.74, 6) is 0.229. The lowest BCUT2D eigenvalue weighted by Crippen LogP contribution is -2.46. The average molecular weight is 809 g/mol. The molecule has 1 aliphatic carbocycles. The third-order valence-corrected chi connectivity index (χ3v) is 13.5. The van der Waals surface area contributed by atoms with Crippen LogP contribution in [0.4, 0.5) is 11.4 Å². The van der Waals surface area contributed by atoms with E-state index in [-0.39, 0.29) is 10.9 Å². The predicted octanol–water partition coefficient (Wildman–Crippen LogP) is 8.81. The van der Waals surface area contributed by atoms with Crippen molar-refractivity contribution in [1.29, 1.82) is 0 Å². The summed E-state index contributed by atoms with van der Waals surface area (Å²) < 4.78 is 29.1. The van der Waals surface area contributed by atoms with E-state index in [1.54, 1.807) is 24.3 Å². The summed E-state index contributed by atoms with van der Waals surface area (Å²) >= 11 is 7.95. The quantitative estimate of drug-likeness (QED) is 0.0958. The molecular weight excluding hydrogens is 758 g/mol. The third kappa shape index (κ3) is 10.5. The zero-order chi connectivity index (χ0) is 39.1. The highest BCUT2D eigenvalue weighted by atomic mass is 35.5. The van der Waals surface area contributed by atoms with Gasteiger partial charge in [0.1, 0.15) is 0 Å². The molecule has 0 spiro atoms. The minimum absolute atomic E-state index is 0.0582. The molecule has 11 heteroatoms. The van der Waals surface area contributed by atoms with Crippen LogP contribution < -0.4 is 14.9 Å². The topological polar surface area (TPSA) is 85.0 Å². The van der Waals surface area contributed by atoms with E-state index >= 15 is 0 Å². The molecule has 0 bridgehead atoms. The van der Waals surface area contributed by atoms with Crippen molar-refractivity contribution in [2.24, 2.45) is 0 Å². The van der Waals surface area contributed by atoms with Crippen molar-refractivity contribution < 1.29 is 13.2 Å². The fourth-order valence-corrected chi connectivity index (χ4v) is 9.37. The highest BCUT2D eigenvalue weighted by Crippen LogP contribution is 2.29. The second kappa shape index (κ2) is 18.3. The van der Waals surface area contributed by atoms with Crippen LogP contribution in [0.3, 0.4) is 0 Å². The molecule has 1 aliphatic heterocycles. The van der Waals surface area contributed by atoms with Gasteiger partial charge in [0.25, 0.3) is 15.9 Å². The average Bonchev–Trinajstić information content (AvgIpc) is 4.07. The van der Waals surface area contributed by atoms with Gasteiger partial charge in [0.15, 0.2) is 0 Å². The Morgan fingerprint density at radius 1 is 0.875 bits per heavy atom. The minimum Gasteiger partial charge on any atom is -0.381 e. The van der Waals surface area contributed by atoms with Gasteiger partial charge in [-0.2, -0.15) is 0 Å². The number of amides is 1. The molecule has 0 aromatic heterocycles. The third-order valence-electron chi connectivity index (χ3n) is 10.7. The summed E-state index contributed by atoms with van der Waals surface area (Å²) in [7, 11) is -1.90. The summed E-state index contributed by atoms with van der Waals surface area (Å²) in [6.45, 7) is 7.23. The molecule has 1 saturated heterocycles. The van der Waals surface area contributed by atoms with Crippen molar-refractivity contribution in [3.8, 4) is 11.1 Å². The van der Waals surface area contributed by atoms with Gasteiger partial charge in [-0.1, -0.05) is 66.2 Å². The number of hydrogen-bond acceptors (Lipinski definition) is 8. The molecule has 2 fully saturated rings. The Morgan fingerprint density at radius 3 is 2.27 bits per heavy atom. The highest BCUT2D eigenvalue weighted by Gasteiger charge is 2.27. The zero-order valence-electron chi connectivity index (χ0n) is 32.0. The molecule has 8 nitrogen and oxygen atoms in total. The van der Waals surface area contributed by atoms with Gasteiger partial charge < -0.3 is 15.1 Å². The molecule has 5 aromatic rings. The molecule has 2 aliphatic rings. The molecular formula is C45H50ClN5O3S2. The van der Waals surface area contributed by atoms with Crippen molar-refractivity contribution >= 4 is 50.7 Å². The van der Waals surface area contributed by atoms with Crippen LogP contribution in [0, 0.1) is 6.92 Å². The van der Waals surface area contributed by atoms with Gasteiger partial charge in [-0.15, -0.1) is 11.8 Å². The summed E-state index contributed by atoms with van der Waals surface area (Å²) in [5, 5.41) is 4.42. The van der Waals surface area contributed by atoms with E-state index in [0.29, 0.717) is 11.6 Å². The molecule has 0 unspecified atom stereocenters. The lowest BCUT2D eigenvalue weighted by molar-refractivity contribution is 0.0981. The van der Waals surface area contributed by atoms with Gasteiger partial charge in [0.2, 0.25) is 0 Å². The monoisotopic (exact) mass is 807 g/mol. The summed E-state index contributed by atoms with van der Waals surface area (Å²) in [6, 6.07) is 40.0. The number of thioether (sulfide) groups is 1. The lowest BCUT2D eigenvalue weighted by atomic mass is 9.99. The van der Waals surface area contributed by atoms with Gasteiger partial charge >= 0.3 is 0 Å². The molecule has 0 radical (unpaired) electrons. The number of halogens is 1. The van der Waals surface area contributed by atoms with E-state index in [1.165, 1.54) is 28.9 Å². The maximum atomic E-state index is 13.4. The number of sulfonamides is 1. The Hall–Kier alpha value is -4.32. The SMILES string of the molecule is Cc1cc(S(=O)(=O)NC(=O)c2ccc(N3CCN(Cc4ccccc4-c4ccc(Cl)cc4)CC3)cc2)ccc1N[C@H](CCN(C)C1CC1)CSc1ccccc1. The molecule has 292 valence electrons. The Labute approximate surface area is 341 Å². The number of piperazine rings is 1. The van der Waals surface area contributed by atoms with Crippen molar-refractivity contribution in [3.05, 3.63) is 143 Å². The summed E-state index contributed by atoms with van der Waals surface area (Å²) in [5.41, 5.74) is 6.64. The van der Waals surface area contributed by atoms with Gasteiger partial charge in [-0.25, -0.2) is 13.1 Å². The molecule has 7 rings (SSSR count). The van der Waals surface area contributed by atoms with Crippen LogP contribution in [0.5, 0.6) is 0 Å². The molecule has 56 heavy (non-hydrogen) atoms. The van der Waals surface area contributed by atoms with Crippen LogP contribution >= 0.6 is 23.4 Å². The lowest BCUT2D eigenvalue weighted by Gasteiger charge is -2.36. The standard InChI is InChI=1S/C45H50ClN5O3S2/c1-33-30-42(22-23-44(33)47-38(24-25-49(2)39-20-21-39)32-55-41-9-4-3-5-10-41)56(53,54)48-45(52)35-14-18-40(19-15-35)51-28-26-50(27-29-51)31-36-8-6-7-11-43(36)34-12-16-37(46)17-13-34/h3-19,22-23,30,38-39,47H,20-21,24-29,31-32H2,1-2H3,(H,48,52)/t38-/m1/s1. The normalized spacial score (nSPS) is 15.5. The number of hydrogen-bond donors (Lipinski definition) is 2. The number of nitrogens with one attached hydrogen (secondary N) is 2. The maximum absolute atomic E-state index is 13.4. The number of carbonyl (C=O) groups is 1. The van der Waals surface area contributed by atoms with E-state index in [9.17, 15) is 13.2 Å². The van der Waals surface area contributed by atoms with E-state index in [2.05, 4.69) is 92.4 Å². The Balaban J connectivity index is 0.926. The molecule has 1 amide bonds. The zero-order valence-corrected chi connectivity index (χ0v) is 34.4. The number of carbonyl (C=O) groups excluding carboxylic acids is 1. The smallest absolute Gasteiger partial charge is 0.264 e. The van der Waals surface area contributed by atoms with Crippen LogP contribution in [0.25, 0.3) is 11.1 Å². The molecule has 1 heterocycles. The molecule has 1 saturated carbocycles. The Kier molecular flexibility index (Phi) is 13.0. The number of aryl methyl sites for hydroxylation is 1. The Morgan fingerprint density at radius 2 is 1.57 bits per heavy atom. The van der Waals surface area contributed by atoms with Crippen molar-refractivity contribution in [1.82, 2.24) is 14.5 Å². The van der Waals surface area contributed by atoms with Crippen molar-refractivity contribution in [2.75, 3.05) is 55.7 Å². The van der Waals surface area contributed by atoms with Gasteiger partial charge in [-0.05, 0) is 122 Å². The van der Waals surface area contributed by atoms with Gasteiger partial charge in [0.05, 0.1) is 4.90 Å². The second-order valence-electron chi connectivity index (χ2n) is 14.9. The van der Waals surface area contributed by atoms with Crippen LogP contribution in [0.15, 0.2) is 131 Å². The van der Waals surface area contributed by atoms with Crippen molar-refractivity contribution in [3.63, 3.8) is 0 Å². The number of anilines is 2. The first-order valence-corrected chi connectivity index (χ1v) is 22.2. The maximum Gasteiger partial charge on any atom is 0.264 e. The minimum atomic E-state index is -4.09. The van der Waals surface area contributed by atoms with Gasteiger partial charge in [0, 0.05) is 84.0 Å². The van der Waals surface area contributed by atoms with Crippen LogP contribution in [-0.4, -0.2) is 81.7 Å². The molecule has 1 atom stereocenters. The van der Waals surface area contributed by atoms with Crippen LogP contribution in [0.2, 0.25) is 5.02 Å². The fraction of sp³-hybridized carbons (Fsp3) is 0.311. The molecule has 5 aromatic carbocycles. The first-order chi connectivity index (χ1) is 27.1. The largest absolute Gasteiger partial charge is 0.381 e. The van der Waals surface area contributed by atoms with E-state index < -0.39 is 15.9 Å². The first kappa shape index (κ1) is 39.9. The number of rotatable bonds is 16. The predicted molar refractivity (Wildman–Crippen MR) is 231 cm³/mol. The summed E-state index contributed by atoms with van der Waals surface area (Å²) in [4.78, 5) is 21.7. The second-order valence-corrected chi connectivity index (χ2v) is 18.1. The first-order valence-electron chi connectivity index (χ1n) is 19.3. The summed E-state index contributed by atoms with van der Waals surface area (Å²) in [6.07, 6.45) is 3.51. The van der Waals surface area contributed by atoms with E-state index in [0.717, 1.165) is 79.0 Å². The Bertz CT molecular complexity index is 2190. The number of nitrogens with zero attached hydrogens (tertiary/aromatic N) is 3. The van der Waals surface area contributed by atoms with Gasteiger partial charge in [-0.3, -0.25) is 9.69 Å². The highest BCUT2D eigenvalue weighted by molar-refractivity contribution is 7.99. The number of benzene rings is 5. The fourth-order valence-electron chi connectivity index (χ4n) is 7.19. The molecule has 2 N–H and O–H groups in total. The van der Waals surface area contributed by atoms with E-state index in [4.69, 9.17) is 11.6 Å². The van der Waals surface area contributed by atoms with E-state index in [1.807, 2.05) is 55.1 Å².